The highest BCUT2D eigenvalue weighted by Crippen LogP contribution is 2.31. The third-order valence-electron chi connectivity index (χ3n) is 5.01. The van der Waals surface area contributed by atoms with Crippen molar-refractivity contribution < 1.29 is 27.1 Å². The minimum Gasteiger partial charge on any atom is -0.379 e. The Labute approximate surface area is 183 Å². The maximum atomic E-state index is 12.9. The molecule has 1 atom stereocenters. The number of hydrogen-bond acceptors (Lipinski definition) is 4. The van der Waals surface area contributed by atoms with Gasteiger partial charge in [-0.2, -0.15) is 13.2 Å². The zero-order valence-corrected chi connectivity index (χ0v) is 17.6. The number of carbonyl (C=O) groups is 1. The quantitative estimate of drug-likeness (QED) is 0.469. The smallest absolute Gasteiger partial charge is 0.379 e. The topological polar surface area (TPSA) is 41.6 Å². The SMILES string of the molecule is O=C(CCSc1ccc(F)cc1)NCC(c1ccc(C(F)(F)F)cc1)N1CCOCC1. The van der Waals surface area contributed by atoms with E-state index in [4.69, 9.17) is 4.74 Å². The van der Waals surface area contributed by atoms with E-state index < -0.39 is 11.7 Å². The Bertz CT molecular complexity index is 838. The Morgan fingerprint density at radius 3 is 2.32 bits per heavy atom. The molecule has 1 unspecified atom stereocenters. The molecule has 1 aliphatic rings. The number of carbonyl (C=O) groups excluding carboxylic acids is 1. The Morgan fingerprint density at radius 2 is 1.71 bits per heavy atom. The van der Waals surface area contributed by atoms with Crippen molar-refractivity contribution in [3.8, 4) is 0 Å². The van der Waals surface area contributed by atoms with E-state index in [2.05, 4.69) is 10.2 Å². The maximum absolute atomic E-state index is 12.9. The lowest BCUT2D eigenvalue weighted by Crippen LogP contribution is -2.43. The third kappa shape index (κ3) is 7.22. The molecule has 0 aromatic heterocycles. The fraction of sp³-hybridized carbons (Fsp3) is 0.409. The molecule has 1 N–H and O–H groups in total. The fourth-order valence-electron chi connectivity index (χ4n) is 3.33. The first-order valence-electron chi connectivity index (χ1n) is 9.97. The van der Waals surface area contributed by atoms with Gasteiger partial charge in [-0.1, -0.05) is 12.1 Å². The van der Waals surface area contributed by atoms with Crippen molar-refractivity contribution >= 4 is 17.7 Å². The molecule has 1 heterocycles. The van der Waals surface area contributed by atoms with Crippen LogP contribution in [0.2, 0.25) is 0 Å². The maximum Gasteiger partial charge on any atom is 0.416 e. The van der Waals surface area contributed by atoms with Crippen LogP contribution in [0.4, 0.5) is 17.6 Å². The summed E-state index contributed by atoms with van der Waals surface area (Å²) in [6.07, 6.45) is -4.10. The summed E-state index contributed by atoms with van der Waals surface area (Å²) >= 11 is 1.46. The molecule has 1 saturated heterocycles. The summed E-state index contributed by atoms with van der Waals surface area (Å²) in [5.74, 6) is 0.0965. The van der Waals surface area contributed by atoms with E-state index in [1.165, 1.54) is 36.0 Å². The highest BCUT2D eigenvalue weighted by Gasteiger charge is 2.31. The lowest BCUT2D eigenvalue weighted by Gasteiger charge is -2.35. The van der Waals surface area contributed by atoms with Crippen LogP contribution in [0, 0.1) is 5.82 Å². The normalized spacial score (nSPS) is 16.1. The number of nitrogens with one attached hydrogen (secondary N) is 1. The van der Waals surface area contributed by atoms with Gasteiger partial charge in [0.05, 0.1) is 24.8 Å². The lowest BCUT2D eigenvalue weighted by atomic mass is 10.0. The van der Waals surface area contributed by atoms with Gasteiger partial charge in [0.15, 0.2) is 0 Å². The van der Waals surface area contributed by atoms with Crippen LogP contribution in [0.5, 0.6) is 0 Å². The molecular weight excluding hydrogens is 432 g/mol. The predicted molar refractivity (Wildman–Crippen MR) is 111 cm³/mol. The number of benzene rings is 2. The molecule has 3 rings (SSSR count). The van der Waals surface area contributed by atoms with Gasteiger partial charge in [0.2, 0.25) is 5.91 Å². The Morgan fingerprint density at radius 1 is 1.06 bits per heavy atom. The number of amides is 1. The van der Waals surface area contributed by atoms with Gasteiger partial charge in [-0.05, 0) is 42.0 Å². The summed E-state index contributed by atoms with van der Waals surface area (Å²) in [6.45, 7) is 2.66. The molecule has 168 valence electrons. The first kappa shape index (κ1) is 23.6. The second kappa shape index (κ2) is 11.0. The van der Waals surface area contributed by atoms with E-state index in [9.17, 15) is 22.4 Å². The Kier molecular flexibility index (Phi) is 8.34. The molecule has 1 aliphatic heterocycles. The van der Waals surface area contributed by atoms with Crippen molar-refractivity contribution in [1.82, 2.24) is 10.2 Å². The first-order chi connectivity index (χ1) is 14.8. The molecule has 4 nitrogen and oxygen atoms in total. The van der Waals surface area contributed by atoms with Gasteiger partial charge in [0.25, 0.3) is 0 Å². The van der Waals surface area contributed by atoms with Crippen LogP contribution in [0.3, 0.4) is 0 Å². The Balaban J connectivity index is 1.56. The molecule has 0 spiro atoms. The van der Waals surface area contributed by atoms with Gasteiger partial charge in [0, 0.05) is 36.7 Å². The zero-order chi connectivity index (χ0) is 22.3. The van der Waals surface area contributed by atoms with E-state index in [0.717, 1.165) is 22.6 Å². The molecule has 9 heteroatoms. The van der Waals surface area contributed by atoms with E-state index >= 15 is 0 Å². The minimum atomic E-state index is -4.39. The van der Waals surface area contributed by atoms with Crippen molar-refractivity contribution in [2.24, 2.45) is 0 Å². The average Bonchev–Trinajstić information content (AvgIpc) is 2.76. The van der Waals surface area contributed by atoms with E-state index in [1.54, 1.807) is 12.1 Å². The molecular formula is C22H24F4N2O2S. The van der Waals surface area contributed by atoms with Gasteiger partial charge < -0.3 is 10.1 Å². The standard InChI is InChI=1S/C22H24F4N2O2S/c23-18-5-7-19(8-6-18)31-14-9-21(29)27-15-20(28-10-12-30-13-11-28)16-1-3-17(4-2-16)22(24,25)26/h1-8,20H,9-15H2,(H,27,29). The van der Waals surface area contributed by atoms with Crippen LogP contribution in [-0.2, 0) is 15.7 Å². The number of hydrogen-bond donors (Lipinski definition) is 1. The average molecular weight is 457 g/mol. The van der Waals surface area contributed by atoms with Crippen LogP contribution in [0.1, 0.15) is 23.6 Å². The number of thioether (sulfide) groups is 1. The lowest BCUT2D eigenvalue weighted by molar-refractivity contribution is -0.137. The summed E-state index contributed by atoms with van der Waals surface area (Å²) in [7, 11) is 0. The zero-order valence-electron chi connectivity index (χ0n) is 16.8. The van der Waals surface area contributed by atoms with Crippen LogP contribution in [0.25, 0.3) is 0 Å². The second-order valence-electron chi connectivity index (χ2n) is 7.14. The fourth-order valence-corrected chi connectivity index (χ4v) is 4.18. The Hall–Kier alpha value is -2.10. The number of morpholine rings is 1. The number of ether oxygens (including phenoxy) is 1. The summed E-state index contributed by atoms with van der Waals surface area (Å²) in [5.41, 5.74) is 0.0229. The highest BCUT2D eigenvalue weighted by molar-refractivity contribution is 7.99. The van der Waals surface area contributed by atoms with E-state index in [1.807, 2.05) is 0 Å². The molecule has 31 heavy (non-hydrogen) atoms. The number of alkyl halides is 3. The van der Waals surface area contributed by atoms with Gasteiger partial charge in [0.1, 0.15) is 5.82 Å². The van der Waals surface area contributed by atoms with Crippen molar-refractivity contribution in [3.05, 3.63) is 65.5 Å². The van der Waals surface area contributed by atoms with Crippen molar-refractivity contribution in [1.29, 1.82) is 0 Å². The van der Waals surface area contributed by atoms with Gasteiger partial charge >= 0.3 is 6.18 Å². The van der Waals surface area contributed by atoms with Crippen molar-refractivity contribution in [2.45, 2.75) is 23.5 Å². The minimum absolute atomic E-state index is 0.139. The highest BCUT2D eigenvalue weighted by atomic mass is 32.2. The number of rotatable bonds is 8. The van der Waals surface area contributed by atoms with Gasteiger partial charge in [-0.15, -0.1) is 11.8 Å². The van der Waals surface area contributed by atoms with Crippen LogP contribution >= 0.6 is 11.8 Å². The molecule has 1 amide bonds. The van der Waals surface area contributed by atoms with Crippen LogP contribution in [-0.4, -0.2) is 49.4 Å². The number of halogens is 4. The monoisotopic (exact) mass is 456 g/mol. The number of nitrogens with zero attached hydrogens (tertiary/aromatic N) is 1. The summed E-state index contributed by atoms with van der Waals surface area (Å²) in [4.78, 5) is 15.3. The van der Waals surface area contributed by atoms with E-state index in [0.29, 0.717) is 38.6 Å². The van der Waals surface area contributed by atoms with E-state index in [-0.39, 0.29) is 24.2 Å². The van der Waals surface area contributed by atoms with Crippen molar-refractivity contribution in [3.63, 3.8) is 0 Å². The first-order valence-corrected chi connectivity index (χ1v) is 11.0. The molecule has 0 bridgehead atoms. The summed E-state index contributed by atoms with van der Waals surface area (Å²) in [5, 5.41) is 2.90. The third-order valence-corrected chi connectivity index (χ3v) is 6.03. The van der Waals surface area contributed by atoms with Crippen LogP contribution in [0.15, 0.2) is 53.4 Å². The second-order valence-corrected chi connectivity index (χ2v) is 8.31. The predicted octanol–water partition coefficient (Wildman–Crippen LogP) is 4.52. The molecule has 0 aliphatic carbocycles. The molecule has 0 saturated carbocycles. The largest absolute Gasteiger partial charge is 0.416 e. The van der Waals surface area contributed by atoms with Crippen molar-refractivity contribution in [2.75, 3.05) is 38.6 Å². The molecule has 1 fully saturated rings. The van der Waals surface area contributed by atoms with Crippen LogP contribution < -0.4 is 5.32 Å². The molecule has 2 aromatic rings. The van der Waals surface area contributed by atoms with Gasteiger partial charge in [-0.3, -0.25) is 9.69 Å². The molecule has 0 radical (unpaired) electrons. The summed E-state index contributed by atoms with van der Waals surface area (Å²) in [6, 6.07) is 10.9. The summed E-state index contributed by atoms with van der Waals surface area (Å²) < 4.78 is 57.0. The molecule has 2 aromatic carbocycles. The van der Waals surface area contributed by atoms with Gasteiger partial charge in [-0.25, -0.2) is 4.39 Å².